The minimum Gasteiger partial charge on any atom is -0.454 e. The van der Waals surface area contributed by atoms with Crippen molar-refractivity contribution in [1.82, 2.24) is 10.1 Å². The van der Waals surface area contributed by atoms with Crippen LogP contribution in [0.1, 0.15) is 37.8 Å². The zero-order chi connectivity index (χ0) is 24.9. The first kappa shape index (κ1) is 24.6. The first-order valence-electron chi connectivity index (χ1n) is 12.8. The molecular formula is C28H35N3O5. The van der Waals surface area contributed by atoms with E-state index in [-0.39, 0.29) is 19.5 Å². The Kier molecular flexibility index (Phi) is 7.75. The van der Waals surface area contributed by atoms with Gasteiger partial charge >= 0.3 is 0 Å². The molecule has 0 aliphatic carbocycles. The summed E-state index contributed by atoms with van der Waals surface area (Å²) in [6.45, 7) is 8.04. The molecule has 0 saturated carbocycles. The van der Waals surface area contributed by atoms with E-state index >= 15 is 0 Å². The number of nitrogens with zero attached hydrogens (tertiary/aromatic N) is 3. The van der Waals surface area contributed by atoms with Crippen LogP contribution in [0.4, 0.5) is 5.88 Å². The second-order valence-corrected chi connectivity index (χ2v) is 9.77. The molecule has 192 valence electrons. The average molecular weight is 494 g/mol. The molecule has 1 N–H and O–H groups in total. The van der Waals surface area contributed by atoms with E-state index < -0.39 is 6.10 Å². The second kappa shape index (κ2) is 11.3. The van der Waals surface area contributed by atoms with E-state index in [0.29, 0.717) is 19.6 Å². The molecule has 3 heterocycles. The van der Waals surface area contributed by atoms with Crippen LogP contribution in [0.5, 0.6) is 11.5 Å². The lowest BCUT2D eigenvalue weighted by molar-refractivity contribution is -0.0106. The van der Waals surface area contributed by atoms with E-state index in [1.165, 1.54) is 0 Å². The van der Waals surface area contributed by atoms with Crippen LogP contribution in [0.15, 0.2) is 53.1 Å². The summed E-state index contributed by atoms with van der Waals surface area (Å²) in [6.07, 6.45) is 1.73. The zero-order valence-electron chi connectivity index (χ0n) is 21.1. The molecule has 5 rings (SSSR count). The van der Waals surface area contributed by atoms with Crippen LogP contribution in [-0.2, 0) is 17.8 Å². The molecule has 0 amide bonds. The van der Waals surface area contributed by atoms with Crippen molar-refractivity contribution >= 4 is 5.88 Å². The fourth-order valence-corrected chi connectivity index (χ4v) is 4.80. The molecule has 0 spiro atoms. The van der Waals surface area contributed by atoms with Gasteiger partial charge in [-0.2, -0.15) is 0 Å². The monoisotopic (exact) mass is 493 g/mol. The minimum absolute atomic E-state index is 0.0616. The fourth-order valence-electron chi connectivity index (χ4n) is 4.80. The number of aliphatic hydroxyl groups excluding tert-OH is 1. The summed E-state index contributed by atoms with van der Waals surface area (Å²) in [5, 5.41) is 15.3. The Labute approximate surface area is 212 Å². The van der Waals surface area contributed by atoms with E-state index in [2.05, 4.69) is 27.1 Å². The summed E-state index contributed by atoms with van der Waals surface area (Å²) in [7, 11) is 0. The Morgan fingerprint density at radius 3 is 2.58 bits per heavy atom. The SMILES string of the molecule is CC(C)OCC(O)CN(Cc1ccc2c(c1)OCO2)Cc1c(-c2ccccc2)noc1N1CCCC1. The van der Waals surface area contributed by atoms with Crippen molar-refractivity contribution in [2.24, 2.45) is 0 Å². The van der Waals surface area contributed by atoms with Gasteiger partial charge in [-0.15, -0.1) is 0 Å². The van der Waals surface area contributed by atoms with Crippen LogP contribution >= 0.6 is 0 Å². The molecule has 0 radical (unpaired) electrons. The van der Waals surface area contributed by atoms with Crippen molar-refractivity contribution in [2.45, 2.75) is 52.0 Å². The highest BCUT2D eigenvalue weighted by Crippen LogP contribution is 2.36. The van der Waals surface area contributed by atoms with E-state index in [1.807, 2.05) is 50.2 Å². The summed E-state index contributed by atoms with van der Waals surface area (Å²) in [4.78, 5) is 4.51. The third-order valence-electron chi connectivity index (χ3n) is 6.52. The van der Waals surface area contributed by atoms with Gasteiger partial charge in [-0.25, -0.2) is 0 Å². The van der Waals surface area contributed by atoms with Gasteiger partial charge in [0.25, 0.3) is 0 Å². The predicted octanol–water partition coefficient (Wildman–Crippen LogP) is 4.46. The van der Waals surface area contributed by atoms with Crippen LogP contribution in [0, 0.1) is 0 Å². The van der Waals surface area contributed by atoms with Gasteiger partial charge in [0, 0.05) is 38.3 Å². The maximum atomic E-state index is 10.8. The topological polar surface area (TPSA) is 80.4 Å². The standard InChI is InChI=1S/C28H35N3O5/c1-20(2)33-18-23(32)16-30(15-21-10-11-25-26(14-21)35-19-34-25)17-24-27(22-8-4-3-5-9-22)29-36-28(24)31-12-6-7-13-31/h3-5,8-11,14,20,23,32H,6-7,12-13,15-19H2,1-2H3. The van der Waals surface area contributed by atoms with Crippen LogP contribution in [0.25, 0.3) is 11.3 Å². The van der Waals surface area contributed by atoms with Crippen molar-refractivity contribution < 1.29 is 23.8 Å². The number of benzene rings is 2. The molecule has 2 aliphatic heterocycles. The normalized spacial score (nSPS) is 15.9. The Morgan fingerprint density at radius 1 is 1.03 bits per heavy atom. The van der Waals surface area contributed by atoms with Crippen molar-refractivity contribution in [3.05, 3.63) is 59.7 Å². The molecule has 8 heteroatoms. The summed E-state index contributed by atoms with van der Waals surface area (Å²) in [5.74, 6) is 2.34. The third-order valence-corrected chi connectivity index (χ3v) is 6.52. The van der Waals surface area contributed by atoms with Gasteiger partial charge in [-0.3, -0.25) is 4.90 Å². The highest BCUT2D eigenvalue weighted by Gasteiger charge is 2.27. The first-order chi connectivity index (χ1) is 17.6. The van der Waals surface area contributed by atoms with Gasteiger partial charge in [-0.1, -0.05) is 41.6 Å². The maximum Gasteiger partial charge on any atom is 0.232 e. The number of fused-ring (bicyclic) bond motifs is 1. The molecule has 36 heavy (non-hydrogen) atoms. The molecule has 1 atom stereocenters. The van der Waals surface area contributed by atoms with Crippen LogP contribution in [0.3, 0.4) is 0 Å². The number of ether oxygens (including phenoxy) is 3. The van der Waals surface area contributed by atoms with Gasteiger partial charge in [0.1, 0.15) is 5.69 Å². The van der Waals surface area contributed by atoms with E-state index in [1.54, 1.807) is 0 Å². The highest BCUT2D eigenvalue weighted by molar-refractivity contribution is 5.68. The van der Waals surface area contributed by atoms with Gasteiger partial charge in [0.2, 0.25) is 12.7 Å². The summed E-state index contributed by atoms with van der Waals surface area (Å²) in [6, 6.07) is 16.1. The smallest absolute Gasteiger partial charge is 0.232 e. The maximum absolute atomic E-state index is 10.8. The molecular weight excluding hydrogens is 458 g/mol. The van der Waals surface area contributed by atoms with Crippen molar-refractivity contribution in [3.8, 4) is 22.8 Å². The van der Waals surface area contributed by atoms with Crippen LogP contribution < -0.4 is 14.4 Å². The quantitative estimate of drug-likeness (QED) is 0.419. The molecule has 1 fully saturated rings. The van der Waals surface area contributed by atoms with Crippen molar-refractivity contribution in [1.29, 1.82) is 0 Å². The largest absolute Gasteiger partial charge is 0.454 e. The lowest BCUT2D eigenvalue weighted by Gasteiger charge is -2.27. The van der Waals surface area contributed by atoms with Crippen LogP contribution in [0.2, 0.25) is 0 Å². The Balaban J connectivity index is 1.44. The van der Waals surface area contributed by atoms with E-state index in [4.69, 9.17) is 18.7 Å². The van der Waals surface area contributed by atoms with Crippen molar-refractivity contribution in [2.75, 3.05) is 37.9 Å². The van der Waals surface area contributed by atoms with Gasteiger partial charge in [0.15, 0.2) is 11.5 Å². The fraction of sp³-hybridized carbons (Fsp3) is 0.464. The first-order valence-corrected chi connectivity index (χ1v) is 12.8. The summed E-state index contributed by atoms with van der Waals surface area (Å²) in [5.41, 5.74) is 3.99. The summed E-state index contributed by atoms with van der Waals surface area (Å²) >= 11 is 0. The molecule has 1 unspecified atom stereocenters. The highest BCUT2D eigenvalue weighted by atomic mass is 16.7. The number of hydrogen-bond acceptors (Lipinski definition) is 8. The number of rotatable bonds is 11. The molecule has 2 aliphatic rings. The van der Waals surface area contributed by atoms with E-state index in [9.17, 15) is 5.11 Å². The molecule has 1 aromatic heterocycles. The Morgan fingerprint density at radius 2 is 1.81 bits per heavy atom. The minimum atomic E-state index is -0.628. The lowest BCUT2D eigenvalue weighted by Crippen LogP contribution is -2.35. The average Bonchev–Trinajstić information content (AvgIpc) is 3.64. The third kappa shape index (κ3) is 5.83. The number of aliphatic hydroxyl groups is 1. The molecule has 3 aromatic rings. The number of aromatic nitrogens is 1. The van der Waals surface area contributed by atoms with Crippen LogP contribution in [-0.4, -0.2) is 60.4 Å². The molecule has 2 aromatic carbocycles. The predicted molar refractivity (Wildman–Crippen MR) is 137 cm³/mol. The Hall–Kier alpha value is -3.07. The summed E-state index contributed by atoms with van der Waals surface area (Å²) < 4.78 is 22.7. The van der Waals surface area contributed by atoms with Gasteiger partial charge in [0.05, 0.1) is 24.4 Å². The van der Waals surface area contributed by atoms with Gasteiger partial charge < -0.3 is 28.7 Å². The molecule has 8 nitrogen and oxygen atoms in total. The molecule has 0 bridgehead atoms. The number of hydrogen-bond donors (Lipinski definition) is 1. The lowest BCUT2D eigenvalue weighted by atomic mass is 10.1. The number of anilines is 1. The Bertz CT molecular complexity index is 1130. The molecule has 1 saturated heterocycles. The van der Waals surface area contributed by atoms with Gasteiger partial charge in [-0.05, 0) is 44.4 Å². The zero-order valence-corrected chi connectivity index (χ0v) is 21.1. The second-order valence-electron chi connectivity index (χ2n) is 9.77. The van der Waals surface area contributed by atoms with Crippen molar-refractivity contribution in [3.63, 3.8) is 0 Å². The van der Waals surface area contributed by atoms with E-state index in [0.717, 1.165) is 65.7 Å².